The van der Waals surface area contributed by atoms with E-state index in [4.69, 9.17) is 28.2 Å². The van der Waals surface area contributed by atoms with Crippen molar-refractivity contribution >= 4 is 23.2 Å². The van der Waals surface area contributed by atoms with E-state index >= 15 is 0 Å². The second kappa shape index (κ2) is 11.4. The maximum atomic E-state index is 6.19. The van der Waals surface area contributed by atoms with Crippen LogP contribution in [-0.2, 0) is 6.54 Å². The van der Waals surface area contributed by atoms with Crippen molar-refractivity contribution in [2.75, 3.05) is 13.1 Å². The number of rotatable bonds is 8. The van der Waals surface area contributed by atoms with Crippen LogP contribution in [0.3, 0.4) is 0 Å². The second-order valence-corrected chi connectivity index (χ2v) is 9.66. The SMILES string of the molecule is C=C(C)/C(=C\C=C/C)C(CC)C1CCN(Cc2nc(-c3ccc(Cl)c(Cl)c3)[nH]c2C)CC1. The number of hydrogen-bond acceptors (Lipinski definition) is 2. The van der Waals surface area contributed by atoms with E-state index in [0.29, 0.717) is 21.9 Å². The molecule has 1 aliphatic heterocycles. The highest BCUT2D eigenvalue weighted by atomic mass is 35.5. The number of H-pyrrole nitrogens is 1. The number of aromatic nitrogens is 2. The largest absolute Gasteiger partial charge is 0.342 e. The van der Waals surface area contributed by atoms with Crippen LogP contribution in [0.1, 0.15) is 51.4 Å². The van der Waals surface area contributed by atoms with E-state index in [1.165, 1.54) is 24.0 Å². The number of likely N-dealkylation sites (tertiary alicyclic amines) is 1. The molecule has 0 bridgehead atoms. The van der Waals surface area contributed by atoms with Crippen LogP contribution in [0.4, 0.5) is 0 Å². The third kappa shape index (κ3) is 5.95. The van der Waals surface area contributed by atoms with Gasteiger partial charge in [-0.05, 0) is 88.7 Å². The lowest BCUT2D eigenvalue weighted by Gasteiger charge is -2.37. The first-order valence-electron chi connectivity index (χ1n) is 11.6. The van der Waals surface area contributed by atoms with Crippen molar-refractivity contribution in [1.29, 1.82) is 0 Å². The molecule has 1 atom stereocenters. The van der Waals surface area contributed by atoms with Crippen molar-refractivity contribution < 1.29 is 0 Å². The van der Waals surface area contributed by atoms with E-state index in [1.807, 2.05) is 18.2 Å². The van der Waals surface area contributed by atoms with Crippen molar-refractivity contribution in [3.05, 3.63) is 75.6 Å². The fourth-order valence-electron chi connectivity index (χ4n) is 4.75. The molecule has 3 rings (SSSR count). The molecule has 172 valence electrons. The van der Waals surface area contributed by atoms with Crippen molar-refractivity contribution in [3.63, 3.8) is 0 Å². The number of piperidine rings is 1. The molecule has 0 radical (unpaired) electrons. The zero-order valence-corrected chi connectivity index (χ0v) is 21.2. The van der Waals surface area contributed by atoms with E-state index in [0.717, 1.165) is 48.8 Å². The fraction of sp³-hybridized carbons (Fsp3) is 0.444. The molecule has 1 saturated heterocycles. The van der Waals surface area contributed by atoms with Crippen LogP contribution >= 0.6 is 23.2 Å². The minimum absolute atomic E-state index is 0.546. The molecule has 1 aromatic carbocycles. The lowest BCUT2D eigenvalue weighted by atomic mass is 9.76. The molecule has 5 heteroatoms. The number of nitrogens with one attached hydrogen (secondary N) is 1. The Morgan fingerprint density at radius 1 is 1.28 bits per heavy atom. The van der Waals surface area contributed by atoms with Gasteiger partial charge >= 0.3 is 0 Å². The summed E-state index contributed by atoms with van der Waals surface area (Å²) in [5, 5.41) is 1.10. The van der Waals surface area contributed by atoms with Gasteiger partial charge in [0.05, 0.1) is 15.7 Å². The van der Waals surface area contributed by atoms with Crippen molar-refractivity contribution in [2.24, 2.45) is 11.8 Å². The standard InChI is InChI=1S/C27H35Cl2N3/c1-6-8-9-23(18(3)4)22(7-2)20-12-14-32(15-13-20)17-26-19(5)30-27(31-26)21-10-11-24(28)25(29)16-21/h6,8-11,16,20,22H,3,7,12-15,17H2,1-2,4-5H3,(H,30,31)/b8-6-,23-9+. The molecule has 32 heavy (non-hydrogen) atoms. The molecule has 3 nitrogen and oxygen atoms in total. The Labute approximate surface area is 203 Å². The van der Waals surface area contributed by atoms with Gasteiger partial charge in [-0.2, -0.15) is 0 Å². The quantitative estimate of drug-likeness (QED) is 0.395. The summed E-state index contributed by atoms with van der Waals surface area (Å²) in [4.78, 5) is 10.8. The van der Waals surface area contributed by atoms with E-state index in [2.05, 4.69) is 62.4 Å². The monoisotopic (exact) mass is 471 g/mol. The van der Waals surface area contributed by atoms with Crippen LogP contribution in [0.5, 0.6) is 0 Å². The van der Waals surface area contributed by atoms with Crippen molar-refractivity contribution in [2.45, 2.75) is 53.5 Å². The first-order valence-corrected chi connectivity index (χ1v) is 12.3. The average Bonchev–Trinajstić information content (AvgIpc) is 3.13. The number of aryl methyl sites for hydroxylation is 1. The Balaban J connectivity index is 1.65. The average molecular weight is 473 g/mol. The number of nitrogens with zero attached hydrogens (tertiary/aromatic N) is 2. The zero-order valence-electron chi connectivity index (χ0n) is 19.7. The molecule has 0 spiro atoms. The summed E-state index contributed by atoms with van der Waals surface area (Å²) in [6.45, 7) is 15.9. The maximum absolute atomic E-state index is 6.19. The van der Waals surface area contributed by atoms with E-state index in [1.54, 1.807) is 0 Å². The number of allylic oxidation sites excluding steroid dienone is 5. The normalized spacial score (nSPS) is 17.2. The molecule has 1 unspecified atom stereocenters. The second-order valence-electron chi connectivity index (χ2n) is 8.84. The number of benzene rings is 1. The predicted molar refractivity (Wildman–Crippen MR) is 138 cm³/mol. The number of hydrogen-bond donors (Lipinski definition) is 1. The summed E-state index contributed by atoms with van der Waals surface area (Å²) in [5.74, 6) is 2.13. The molecule has 2 heterocycles. The Morgan fingerprint density at radius 2 is 2.00 bits per heavy atom. The van der Waals surface area contributed by atoms with Gasteiger partial charge in [0.1, 0.15) is 5.82 Å². The molecular weight excluding hydrogens is 437 g/mol. The van der Waals surface area contributed by atoms with E-state index in [9.17, 15) is 0 Å². The van der Waals surface area contributed by atoms with Crippen LogP contribution in [0.2, 0.25) is 10.0 Å². The van der Waals surface area contributed by atoms with Crippen LogP contribution < -0.4 is 0 Å². The maximum Gasteiger partial charge on any atom is 0.137 e. The highest BCUT2D eigenvalue weighted by Crippen LogP contribution is 2.36. The van der Waals surface area contributed by atoms with Gasteiger partial charge in [-0.3, -0.25) is 4.90 Å². The first kappa shape index (κ1) is 24.8. The summed E-state index contributed by atoms with van der Waals surface area (Å²) in [5.41, 5.74) is 5.78. The highest BCUT2D eigenvalue weighted by Gasteiger charge is 2.28. The van der Waals surface area contributed by atoms with Gasteiger partial charge in [0.25, 0.3) is 0 Å². The molecule has 0 saturated carbocycles. The topological polar surface area (TPSA) is 31.9 Å². The van der Waals surface area contributed by atoms with E-state index in [-0.39, 0.29) is 0 Å². The summed E-state index contributed by atoms with van der Waals surface area (Å²) < 4.78 is 0. The molecule has 2 aromatic rings. The number of aromatic amines is 1. The van der Waals surface area contributed by atoms with Gasteiger partial charge in [0.2, 0.25) is 0 Å². The zero-order chi connectivity index (χ0) is 23.3. The molecule has 1 N–H and O–H groups in total. The molecule has 1 aromatic heterocycles. The van der Waals surface area contributed by atoms with Gasteiger partial charge in [-0.15, -0.1) is 0 Å². The third-order valence-electron chi connectivity index (χ3n) is 6.55. The lowest BCUT2D eigenvalue weighted by molar-refractivity contribution is 0.149. The van der Waals surface area contributed by atoms with Crippen LogP contribution in [-0.4, -0.2) is 28.0 Å². The minimum Gasteiger partial charge on any atom is -0.342 e. The van der Waals surface area contributed by atoms with Gasteiger partial charge in [0, 0.05) is 17.8 Å². The molecule has 0 amide bonds. The molecular formula is C27H35Cl2N3. The summed E-state index contributed by atoms with van der Waals surface area (Å²) >= 11 is 12.3. The summed E-state index contributed by atoms with van der Waals surface area (Å²) in [7, 11) is 0. The van der Waals surface area contributed by atoms with Gasteiger partial charge < -0.3 is 4.98 Å². The smallest absolute Gasteiger partial charge is 0.137 e. The first-order chi connectivity index (χ1) is 15.3. The highest BCUT2D eigenvalue weighted by molar-refractivity contribution is 6.42. The Morgan fingerprint density at radius 3 is 2.59 bits per heavy atom. The van der Waals surface area contributed by atoms with E-state index < -0.39 is 0 Å². The van der Waals surface area contributed by atoms with Crippen molar-refractivity contribution in [1.82, 2.24) is 14.9 Å². The Bertz CT molecular complexity index is 994. The minimum atomic E-state index is 0.546. The van der Waals surface area contributed by atoms with Crippen molar-refractivity contribution in [3.8, 4) is 11.4 Å². The number of imidazole rings is 1. The van der Waals surface area contributed by atoms with Gasteiger partial charge in [-0.25, -0.2) is 4.98 Å². The molecule has 0 aliphatic carbocycles. The van der Waals surface area contributed by atoms with Crippen LogP contribution in [0, 0.1) is 18.8 Å². The third-order valence-corrected chi connectivity index (χ3v) is 7.29. The Hall–Kier alpha value is -1.81. The summed E-state index contributed by atoms with van der Waals surface area (Å²) in [6.07, 6.45) is 10.1. The predicted octanol–water partition coefficient (Wildman–Crippen LogP) is 8.01. The number of halogens is 2. The van der Waals surface area contributed by atoms with Gasteiger partial charge in [0.15, 0.2) is 0 Å². The van der Waals surface area contributed by atoms with Crippen LogP contribution in [0.25, 0.3) is 11.4 Å². The Kier molecular flexibility index (Phi) is 8.81. The molecule has 1 aliphatic rings. The van der Waals surface area contributed by atoms with Gasteiger partial charge in [-0.1, -0.05) is 60.5 Å². The fourth-order valence-corrected chi connectivity index (χ4v) is 5.04. The van der Waals surface area contributed by atoms with Crippen LogP contribution in [0.15, 0.2) is 54.2 Å². The summed E-state index contributed by atoms with van der Waals surface area (Å²) in [6, 6.07) is 5.63. The molecule has 1 fully saturated rings. The lowest BCUT2D eigenvalue weighted by Crippen LogP contribution is -2.36.